The van der Waals surface area contributed by atoms with Gasteiger partial charge >= 0.3 is 5.97 Å². The van der Waals surface area contributed by atoms with E-state index >= 15 is 0 Å². The highest BCUT2D eigenvalue weighted by Gasteiger charge is 2.14. The molecular formula is C10H14ClNO2. The Balaban J connectivity index is 0.00000169. The number of hydrogen-bond donors (Lipinski definition) is 1. The molecule has 0 spiro atoms. The Kier molecular flexibility index (Phi) is 5.02. The van der Waals surface area contributed by atoms with Gasteiger partial charge in [0, 0.05) is 5.69 Å². The quantitative estimate of drug-likeness (QED) is 0.606. The summed E-state index contributed by atoms with van der Waals surface area (Å²) in [4.78, 5) is 11.2. The molecule has 0 saturated heterocycles. The lowest BCUT2D eigenvalue weighted by molar-refractivity contribution is -0.141. The van der Waals surface area contributed by atoms with Crippen LogP contribution in [0.4, 0.5) is 5.69 Å². The molecule has 4 heteroatoms. The first-order valence-electron chi connectivity index (χ1n) is 4.08. The normalized spacial score (nSPS) is 11.3. The molecule has 1 aromatic rings. The molecule has 1 unspecified atom stereocenters. The van der Waals surface area contributed by atoms with Gasteiger partial charge in [-0.2, -0.15) is 0 Å². The van der Waals surface area contributed by atoms with Crippen molar-refractivity contribution < 1.29 is 9.53 Å². The number of carbonyl (C=O) groups is 1. The number of halogens is 1. The molecule has 14 heavy (non-hydrogen) atoms. The number of nitrogen functional groups attached to an aromatic ring is 1. The van der Waals surface area contributed by atoms with Crippen molar-refractivity contribution in [3.63, 3.8) is 0 Å². The summed E-state index contributed by atoms with van der Waals surface area (Å²) in [6, 6.07) is 7.25. The second-order valence-corrected chi connectivity index (χ2v) is 2.91. The summed E-state index contributed by atoms with van der Waals surface area (Å²) in [5.74, 6) is -0.501. The van der Waals surface area contributed by atoms with Crippen molar-refractivity contribution >= 4 is 24.1 Å². The van der Waals surface area contributed by atoms with Crippen molar-refractivity contribution in [2.24, 2.45) is 0 Å². The Morgan fingerprint density at radius 1 is 1.50 bits per heavy atom. The van der Waals surface area contributed by atoms with E-state index in [1.54, 1.807) is 19.1 Å². The van der Waals surface area contributed by atoms with Crippen molar-refractivity contribution in [2.45, 2.75) is 12.8 Å². The Morgan fingerprint density at radius 3 is 2.64 bits per heavy atom. The van der Waals surface area contributed by atoms with Gasteiger partial charge in [-0.05, 0) is 24.6 Å². The number of methoxy groups -OCH3 is 1. The molecule has 0 heterocycles. The minimum atomic E-state index is -0.256. The predicted molar refractivity (Wildman–Crippen MR) is 58.5 cm³/mol. The van der Waals surface area contributed by atoms with E-state index in [9.17, 15) is 4.79 Å². The van der Waals surface area contributed by atoms with Gasteiger partial charge in [0.05, 0.1) is 13.0 Å². The van der Waals surface area contributed by atoms with E-state index in [0.29, 0.717) is 5.69 Å². The third-order valence-corrected chi connectivity index (χ3v) is 1.97. The molecule has 1 atom stereocenters. The molecule has 0 aromatic heterocycles. The summed E-state index contributed by atoms with van der Waals surface area (Å²) in [6.07, 6.45) is 0. The fourth-order valence-electron chi connectivity index (χ4n) is 1.14. The Hall–Kier alpha value is -1.22. The number of rotatable bonds is 2. The molecule has 0 saturated carbocycles. The SMILES string of the molecule is COC(=O)C(C)c1cccc(N)c1.Cl. The van der Waals surface area contributed by atoms with Crippen LogP contribution in [0.3, 0.4) is 0 Å². The van der Waals surface area contributed by atoms with Crippen LogP contribution in [0.25, 0.3) is 0 Å². The molecule has 0 aliphatic carbocycles. The molecule has 0 radical (unpaired) electrons. The monoisotopic (exact) mass is 215 g/mol. The molecule has 0 aliphatic heterocycles. The van der Waals surface area contributed by atoms with Crippen LogP contribution in [0.2, 0.25) is 0 Å². The zero-order valence-electron chi connectivity index (χ0n) is 8.19. The molecule has 0 fully saturated rings. The van der Waals surface area contributed by atoms with Crippen LogP contribution in [-0.2, 0) is 9.53 Å². The summed E-state index contributed by atoms with van der Waals surface area (Å²) in [5.41, 5.74) is 7.13. The van der Waals surface area contributed by atoms with Gasteiger partial charge in [-0.25, -0.2) is 0 Å². The second kappa shape index (κ2) is 5.50. The first-order chi connectivity index (χ1) is 6.15. The zero-order valence-corrected chi connectivity index (χ0v) is 9.01. The summed E-state index contributed by atoms with van der Waals surface area (Å²) in [5, 5.41) is 0. The first kappa shape index (κ1) is 12.8. The second-order valence-electron chi connectivity index (χ2n) is 2.91. The molecule has 3 nitrogen and oxygen atoms in total. The minimum Gasteiger partial charge on any atom is -0.469 e. The highest BCUT2D eigenvalue weighted by atomic mass is 35.5. The molecule has 0 amide bonds. The number of anilines is 1. The van der Waals surface area contributed by atoms with E-state index in [1.165, 1.54) is 7.11 Å². The van der Waals surface area contributed by atoms with Gasteiger partial charge in [0.25, 0.3) is 0 Å². The minimum absolute atomic E-state index is 0. The van der Waals surface area contributed by atoms with Crippen LogP contribution in [0.15, 0.2) is 24.3 Å². The highest BCUT2D eigenvalue weighted by Crippen LogP contribution is 2.18. The fraction of sp³-hybridized carbons (Fsp3) is 0.300. The zero-order chi connectivity index (χ0) is 9.84. The van der Waals surface area contributed by atoms with Gasteiger partial charge in [0.1, 0.15) is 0 Å². The smallest absolute Gasteiger partial charge is 0.312 e. The number of hydrogen-bond acceptors (Lipinski definition) is 3. The number of ether oxygens (including phenoxy) is 1. The molecule has 1 rings (SSSR count). The lowest BCUT2D eigenvalue weighted by Gasteiger charge is -2.09. The predicted octanol–water partition coefficient (Wildman–Crippen LogP) is 1.97. The third kappa shape index (κ3) is 2.92. The van der Waals surface area contributed by atoms with Crippen LogP contribution < -0.4 is 5.73 Å². The lowest BCUT2D eigenvalue weighted by Crippen LogP contribution is -2.10. The number of nitrogens with two attached hydrogens (primary N) is 1. The molecule has 0 bridgehead atoms. The standard InChI is InChI=1S/C10H13NO2.ClH/c1-7(10(12)13-2)8-4-3-5-9(11)6-8;/h3-7H,11H2,1-2H3;1H. The van der Waals surface area contributed by atoms with E-state index in [2.05, 4.69) is 4.74 Å². The summed E-state index contributed by atoms with van der Waals surface area (Å²) in [6.45, 7) is 1.79. The van der Waals surface area contributed by atoms with E-state index in [-0.39, 0.29) is 24.3 Å². The van der Waals surface area contributed by atoms with E-state index in [4.69, 9.17) is 5.73 Å². The van der Waals surface area contributed by atoms with Crippen LogP contribution in [0.1, 0.15) is 18.4 Å². The number of benzene rings is 1. The van der Waals surface area contributed by atoms with Crippen molar-refractivity contribution in [3.8, 4) is 0 Å². The van der Waals surface area contributed by atoms with E-state index < -0.39 is 0 Å². The third-order valence-electron chi connectivity index (χ3n) is 1.97. The van der Waals surface area contributed by atoms with E-state index in [0.717, 1.165) is 5.56 Å². The topological polar surface area (TPSA) is 52.3 Å². The number of carbonyl (C=O) groups excluding carboxylic acids is 1. The molecule has 1 aromatic carbocycles. The summed E-state index contributed by atoms with van der Waals surface area (Å²) < 4.78 is 4.63. The van der Waals surface area contributed by atoms with Gasteiger partial charge in [0.15, 0.2) is 0 Å². The molecular weight excluding hydrogens is 202 g/mol. The van der Waals surface area contributed by atoms with Crippen molar-refractivity contribution in [3.05, 3.63) is 29.8 Å². The fourth-order valence-corrected chi connectivity index (χ4v) is 1.14. The van der Waals surface area contributed by atoms with E-state index in [1.807, 2.05) is 12.1 Å². The summed E-state index contributed by atoms with van der Waals surface area (Å²) >= 11 is 0. The Labute approximate surface area is 89.7 Å². The van der Waals surface area contributed by atoms with Crippen molar-refractivity contribution in [1.29, 1.82) is 0 Å². The van der Waals surface area contributed by atoms with Crippen LogP contribution in [0.5, 0.6) is 0 Å². The Bertz CT molecular complexity index is 315. The van der Waals surface area contributed by atoms with Crippen LogP contribution >= 0.6 is 12.4 Å². The average molecular weight is 216 g/mol. The van der Waals surface area contributed by atoms with Gasteiger partial charge in [-0.15, -0.1) is 12.4 Å². The summed E-state index contributed by atoms with van der Waals surface area (Å²) in [7, 11) is 1.38. The number of esters is 1. The molecule has 78 valence electrons. The van der Waals surface area contributed by atoms with Crippen LogP contribution in [0, 0.1) is 0 Å². The largest absolute Gasteiger partial charge is 0.469 e. The maximum Gasteiger partial charge on any atom is 0.312 e. The molecule has 2 N–H and O–H groups in total. The maximum atomic E-state index is 11.2. The van der Waals surface area contributed by atoms with Crippen molar-refractivity contribution in [2.75, 3.05) is 12.8 Å². The first-order valence-corrected chi connectivity index (χ1v) is 4.08. The molecule has 0 aliphatic rings. The maximum absolute atomic E-state index is 11.2. The van der Waals surface area contributed by atoms with Gasteiger partial charge < -0.3 is 10.5 Å². The highest BCUT2D eigenvalue weighted by molar-refractivity contribution is 5.85. The lowest BCUT2D eigenvalue weighted by atomic mass is 10.0. The van der Waals surface area contributed by atoms with Gasteiger partial charge in [0.2, 0.25) is 0 Å². The average Bonchev–Trinajstić information content (AvgIpc) is 2.15. The Morgan fingerprint density at radius 2 is 2.14 bits per heavy atom. The van der Waals surface area contributed by atoms with Gasteiger partial charge in [-0.3, -0.25) is 4.79 Å². The van der Waals surface area contributed by atoms with Crippen LogP contribution in [-0.4, -0.2) is 13.1 Å². The van der Waals surface area contributed by atoms with Gasteiger partial charge in [-0.1, -0.05) is 12.1 Å². The van der Waals surface area contributed by atoms with Crippen molar-refractivity contribution in [1.82, 2.24) is 0 Å².